The molecule has 2 N–H and O–H groups in total. The highest BCUT2D eigenvalue weighted by atomic mass is 16.5. The van der Waals surface area contributed by atoms with Crippen LogP contribution in [0.2, 0.25) is 0 Å². The Morgan fingerprint density at radius 2 is 2.16 bits per heavy atom. The summed E-state index contributed by atoms with van der Waals surface area (Å²) in [6.45, 7) is 4.60. The lowest BCUT2D eigenvalue weighted by molar-refractivity contribution is -0.143. The van der Waals surface area contributed by atoms with E-state index < -0.39 is 0 Å². The van der Waals surface area contributed by atoms with Gasteiger partial charge >= 0.3 is 5.97 Å². The Balaban J connectivity index is 2.41. The van der Waals surface area contributed by atoms with Gasteiger partial charge in [0.25, 0.3) is 0 Å². The highest BCUT2D eigenvalue weighted by Crippen LogP contribution is 2.27. The summed E-state index contributed by atoms with van der Waals surface area (Å²) in [5.41, 5.74) is 7.27. The van der Waals surface area contributed by atoms with Crippen molar-refractivity contribution in [3.05, 3.63) is 18.2 Å². The number of para-hydroxylation sites is 1. The van der Waals surface area contributed by atoms with Gasteiger partial charge < -0.3 is 15.2 Å². The van der Waals surface area contributed by atoms with E-state index in [1.165, 1.54) is 0 Å². The second-order valence-corrected chi connectivity index (χ2v) is 3.92. The van der Waals surface area contributed by atoms with E-state index in [4.69, 9.17) is 15.2 Å². The highest BCUT2D eigenvalue weighted by molar-refractivity contribution is 5.85. The van der Waals surface area contributed by atoms with E-state index in [0.29, 0.717) is 24.5 Å². The molecule has 2 aromatic rings. The fourth-order valence-corrected chi connectivity index (χ4v) is 1.91. The number of benzene rings is 1. The summed E-state index contributed by atoms with van der Waals surface area (Å²) in [5.74, 6) is 0.597. The molecule has 102 valence electrons. The molecule has 19 heavy (non-hydrogen) atoms. The van der Waals surface area contributed by atoms with Gasteiger partial charge in [-0.25, -0.2) is 4.98 Å². The number of nitrogen functional groups attached to an aromatic ring is 1. The molecule has 0 saturated heterocycles. The largest absolute Gasteiger partial charge is 0.492 e. The number of carbonyl (C=O) groups is 1. The first-order valence-corrected chi connectivity index (χ1v) is 6.20. The molecule has 1 aromatic carbocycles. The van der Waals surface area contributed by atoms with Crippen LogP contribution in [-0.2, 0) is 16.1 Å². The van der Waals surface area contributed by atoms with Crippen molar-refractivity contribution >= 4 is 23.0 Å². The minimum Gasteiger partial charge on any atom is -0.492 e. The molecule has 0 saturated carbocycles. The Morgan fingerprint density at radius 1 is 1.37 bits per heavy atom. The van der Waals surface area contributed by atoms with Gasteiger partial charge in [-0.3, -0.25) is 9.36 Å². The second kappa shape index (κ2) is 5.60. The molecule has 1 aromatic heterocycles. The van der Waals surface area contributed by atoms with Gasteiger partial charge in [-0.05, 0) is 26.0 Å². The number of hydrogen-bond acceptors (Lipinski definition) is 5. The second-order valence-electron chi connectivity index (χ2n) is 3.92. The number of imidazole rings is 1. The third kappa shape index (κ3) is 2.62. The van der Waals surface area contributed by atoms with Crippen molar-refractivity contribution in [2.45, 2.75) is 20.4 Å². The molecular weight excluding hydrogens is 246 g/mol. The maximum Gasteiger partial charge on any atom is 0.326 e. The van der Waals surface area contributed by atoms with Crippen molar-refractivity contribution in [3.8, 4) is 5.75 Å². The third-order valence-electron chi connectivity index (χ3n) is 2.66. The van der Waals surface area contributed by atoms with E-state index in [-0.39, 0.29) is 18.5 Å². The molecule has 0 aliphatic carbocycles. The molecular formula is C13H17N3O3. The van der Waals surface area contributed by atoms with Crippen molar-refractivity contribution in [1.29, 1.82) is 0 Å². The van der Waals surface area contributed by atoms with E-state index in [1.807, 2.05) is 25.1 Å². The normalized spacial score (nSPS) is 10.6. The summed E-state index contributed by atoms with van der Waals surface area (Å²) in [5, 5.41) is 0. The first-order valence-electron chi connectivity index (χ1n) is 6.20. The molecule has 0 radical (unpaired) electrons. The zero-order chi connectivity index (χ0) is 13.8. The van der Waals surface area contributed by atoms with Gasteiger partial charge in [0.2, 0.25) is 5.95 Å². The Bertz CT molecular complexity index is 592. The lowest BCUT2D eigenvalue weighted by atomic mass is 10.3. The number of nitrogens with zero attached hydrogens (tertiary/aromatic N) is 2. The maximum atomic E-state index is 11.6. The number of esters is 1. The zero-order valence-corrected chi connectivity index (χ0v) is 11.0. The first kappa shape index (κ1) is 13.2. The van der Waals surface area contributed by atoms with E-state index in [2.05, 4.69) is 4.98 Å². The van der Waals surface area contributed by atoms with Crippen molar-refractivity contribution in [1.82, 2.24) is 9.55 Å². The number of fused-ring (bicyclic) bond motifs is 1. The van der Waals surface area contributed by atoms with E-state index in [9.17, 15) is 4.79 Å². The van der Waals surface area contributed by atoms with Crippen LogP contribution in [0.3, 0.4) is 0 Å². The van der Waals surface area contributed by atoms with Crippen molar-refractivity contribution in [3.63, 3.8) is 0 Å². The number of carbonyl (C=O) groups excluding carboxylic acids is 1. The fourth-order valence-electron chi connectivity index (χ4n) is 1.91. The van der Waals surface area contributed by atoms with Crippen molar-refractivity contribution in [2.75, 3.05) is 18.9 Å². The van der Waals surface area contributed by atoms with Gasteiger partial charge in [0.1, 0.15) is 17.8 Å². The van der Waals surface area contributed by atoms with Crippen LogP contribution in [-0.4, -0.2) is 28.7 Å². The topological polar surface area (TPSA) is 79.4 Å². The number of nitrogens with two attached hydrogens (primary N) is 1. The summed E-state index contributed by atoms with van der Waals surface area (Å²) >= 11 is 0. The van der Waals surface area contributed by atoms with E-state index in [1.54, 1.807) is 11.5 Å². The Morgan fingerprint density at radius 3 is 2.84 bits per heavy atom. The third-order valence-corrected chi connectivity index (χ3v) is 2.66. The van der Waals surface area contributed by atoms with Crippen LogP contribution in [0, 0.1) is 0 Å². The van der Waals surface area contributed by atoms with Crippen LogP contribution in [0.5, 0.6) is 5.75 Å². The zero-order valence-electron chi connectivity index (χ0n) is 11.0. The molecule has 0 amide bonds. The monoisotopic (exact) mass is 263 g/mol. The van der Waals surface area contributed by atoms with Crippen molar-refractivity contribution in [2.24, 2.45) is 0 Å². The predicted octanol–water partition coefficient (Wildman–Crippen LogP) is 1.58. The van der Waals surface area contributed by atoms with Gasteiger partial charge in [0, 0.05) is 0 Å². The number of rotatable bonds is 5. The van der Waals surface area contributed by atoms with Gasteiger partial charge in [-0.15, -0.1) is 0 Å². The minimum absolute atomic E-state index is 0.0474. The Kier molecular flexibility index (Phi) is 3.89. The smallest absolute Gasteiger partial charge is 0.326 e. The molecule has 0 fully saturated rings. The molecule has 1 heterocycles. The highest BCUT2D eigenvalue weighted by Gasteiger charge is 2.15. The van der Waals surface area contributed by atoms with Crippen LogP contribution in [0.4, 0.5) is 5.95 Å². The van der Waals surface area contributed by atoms with Gasteiger partial charge in [-0.1, -0.05) is 6.07 Å². The molecule has 0 aliphatic rings. The average Bonchev–Trinajstić information content (AvgIpc) is 2.68. The molecule has 0 atom stereocenters. The number of ether oxygens (including phenoxy) is 2. The summed E-state index contributed by atoms with van der Waals surface area (Å²) in [6, 6.07) is 5.52. The summed E-state index contributed by atoms with van der Waals surface area (Å²) < 4.78 is 12.0. The molecule has 0 bridgehead atoms. The van der Waals surface area contributed by atoms with Gasteiger partial charge in [0.15, 0.2) is 0 Å². The van der Waals surface area contributed by atoms with Crippen LogP contribution in [0.1, 0.15) is 13.8 Å². The lowest BCUT2D eigenvalue weighted by Gasteiger charge is -2.06. The van der Waals surface area contributed by atoms with Crippen LogP contribution < -0.4 is 10.5 Å². The van der Waals surface area contributed by atoms with Crippen LogP contribution in [0.25, 0.3) is 11.0 Å². The predicted molar refractivity (Wildman–Crippen MR) is 71.9 cm³/mol. The maximum absolute atomic E-state index is 11.6. The number of hydrogen-bond donors (Lipinski definition) is 1. The number of aromatic nitrogens is 2. The fraction of sp³-hybridized carbons (Fsp3) is 0.385. The number of anilines is 1. The van der Waals surface area contributed by atoms with Crippen LogP contribution in [0.15, 0.2) is 18.2 Å². The first-order chi connectivity index (χ1) is 9.17. The molecule has 0 spiro atoms. The quantitative estimate of drug-likeness (QED) is 0.828. The molecule has 0 unspecified atom stereocenters. The summed E-state index contributed by atoms with van der Waals surface area (Å²) in [7, 11) is 0. The minimum atomic E-state index is -0.338. The molecule has 0 aliphatic heterocycles. The lowest BCUT2D eigenvalue weighted by Crippen LogP contribution is -2.15. The van der Waals surface area contributed by atoms with Crippen molar-refractivity contribution < 1.29 is 14.3 Å². The summed E-state index contributed by atoms with van der Waals surface area (Å²) in [6.07, 6.45) is 0. The average molecular weight is 263 g/mol. The van der Waals surface area contributed by atoms with Gasteiger partial charge in [-0.2, -0.15) is 0 Å². The standard InChI is InChI=1S/C13H17N3O3/c1-3-18-10-7-5-6-9-12(10)15-13(14)16(9)8-11(17)19-4-2/h5-7H,3-4,8H2,1-2H3,(H2,14,15). The molecule has 6 nitrogen and oxygen atoms in total. The Labute approximate surface area is 111 Å². The molecule has 6 heteroatoms. The van der Waals surface area contributed by atoms with Gasteiger partial charge in [0.05, 0.1) is 18.7 Å². The SMILES string of the molecule is CCOC(=O)Cn1c(N)nc2c(OCC)cccc21. The molecule has 2 rings (SSSR count). The van der Waals surface area contributed by atoms with E-state index >= 15 is 0 Å². The van der Waals surface area contributed by atoms with E-state index in [0.717, 1.165) is 5.52 Å². The Hall–Kier alpha value is -2.24. The van der Waals surface area contributed by atoms with Crippen LogP contribution >= 0.6 is 0 Å². The summed E-state index contributed by atoms with van der Waals surface area (Å²) in [4.78, 5) is 15.8.